The number of benzene rings is 2. The van der Waals surface area contributed by atoms with Gasteiger partial charge in [-0.1, -0.05) is 29.5 Å². The molecule has 1 saturated heterocycles. The van der Waals surface area contributed by atoms with Crippen molar-refractivity contribution in [1.29, 1.82) is 0 Å². The first kappa shape index (κ1) is 17.2. The maximum atomic E-state index is 14.7. The first-order valence-corrected chi connectivity index (χ1v) is 8.55. The molecule has 1 unspecified atom stereocenters. The Morgan fingerprint density at radius 1 is 1.22 bits per heavy atom. The molecule has 7 nitrogen and oxygen atoms in total. The number of carbonyl (C=O) groups is 1. The molecule has 2 N–H and O–H groups in total. The number of hydrogen-bond donors (Lipinski definition) is 1. The van der Waals surface area contributed by atoms with Crippen LogP contribution in [0.3, 0.4) is 0 Å². The third kappa shape index (κ3) is 3.52. The molecule has 0 saturated carbocycles. The summed E-state index contributed by atoms with van der Waals surface area (Å²) < 4.78 is 21.6. The molecule has 1 aliphatic rings. The minimum atomic E-state index is -0.500. The van der Waals surface area contributed by atoms with Crippen molar-refractivity contribution < 1.29 is 13.9 Å². The number of aromatic nitrogens is 3. The number of cyclic esters (lactones) is 1. The molecule has 1 aromatic heterocycles. The van der Waals surface area contributed by atoms with Gasteiger partial charge >= 0.3 is 6.09 Å². The molecule has 138 valence electrons. The highest BCUT2D eigenvalue weighted by Gasteiger charge is 2.33. The monoisotopic (exact) mass is 367 g/mol. The number of rotatable bonds is 5. The highest BCUT2D eigenvalue weighted by atomic mass is 19.1. The number of nitrogens with zero attached hydrogens (tertiary/aromatic N) is 4. The lowest BCUT2D eigenvalue weighted by Crippen LogP contribution is -2.26. The van der Waals surface area contributed by atoms with Gasteiger partial charge in [-0.05, 0) is 29.3 Å². The van der Waals surface area contributed by atoms with E-state index in [2.05, 4.69) is 10.3 Å². The van der Waals surface area contributed by atoms with E-state index in [1.807, 2.05) is 24.3 Å². The van der Waals surface area contributed by atoms with Crippen LogP contribution in [-0.2, 0) is 17.8 Å². The molecule has 4 rings (SSSR count). The van der Waals surface area contributed by atoms with E-state index in [1.54, 1.807) is 29.2 Å². The van der Waals surface area contributed by atoms with Gasteiger partial charge in [0.2, 0.25) is 0 Å². The molecule has 8 heteroatoms. The summed E-state index contributed by atoms with van der Waals surface area (Å²) in [6, 6.07) is 12.1. The second-order valence-corrected chi connectivity index (χ2v) is 6.31. The van der Waals surface area contributed by atoms with Gasteiger partial charge in [-0.3, -0.25) is 4.90 Å². The third-order valence-electron chi connectivity index (χ3n) is 4.50. The van der Waals surface area contributed by atoms with Crippen LogP contribution < -0.4 is 10.6 Å². The zero-order valence-corrected chi connectivity index (χ0v) is 14.5. The molecule has 2 heterocycles. The maximum absolute atomic E-state index is 14.7. The van der Waals surface area contributed by atoms with Crippen molar-refractivity contribution in [2.24, 2.45) is 5.73 Å². The average Bonchev–Trinajstić information content (AvgIpc) is 3.31. The molecule has 1 atom stereocenters. The number of nitrogens with two attached hydrogens (primary N) is 1. The number of carbonyl (C=O) groups excluding carboxylic acids is 1. The van der Waals surface area contributed by atoms with Crippen LogP contribution in [0.25, 0.3) is 11.1 Å². The van der Waals surface area contributed by atoms with Gasteiger partial charge in [0.1, 0.15) is 11.9 Å². The highest BCUT2D eigenvalue weighted by Crippen LogP contribution is 2.29. The summed E-state index contributed by atoms with van der Waals surface area (Å²) in [5, 5.41) is 7.59. The number of halogens is 1. The summed E-state index contributed by atoms with van der Waals surface area (Å²) in [5.74, 6) is -0.402. The second kappa shape index (κ2) is 7.16. The Morgan fingerprint density at radius 2 is 2.04 bits per heavy atom. The standard InChI is InChI=1S/C19H18FN5O2/c20-18-9-15(5-6-17(18)14-3-1-13(10-21)2-4-14)25-12-16(27-19(25)26)11-24-8-7-22-23-24/h1-9,16H,10-12,21H2. The quantitative estimate of drug-likeness (QED) is 0.749. The van der Waals surface area contributed by atoms with Crippen LogP contribution in [0.5, 0.6) is 0 Å². The number of amides is 1. The second-order valence-electron chi connectivity index (χ2n) is 6.31. The van der Waals surface area contributed by atoms with Gasteiger partial charge in [-0.25, -0.2) is 13.9 Å². The summed E-state index contributed by atoms with van der Waals surface area (Å²) in [5.41, 5.74) is 8.25. The fraction of sp³-hybridized carbons (Fsp3) is 0.211. The van der Waals surface area contributed by atoms with Gasteiger partial charge in [0.15, 0.2) is 0 Å². The largest absolute Gasteiger partial charge is 0.442 e. The Labute approximate surface area is 155 Å². The van der Waals surface area contributed by atoms with Crippen LogP contribution >= 0.6 is 0 Å². The SMILES string of the molecule is NCc1ccc(-c2ccc(N3CC(Cn4ccnn4)OC3=O)cc2F)cc1. The molecule has 0 radical (unpaired) electrons. The van der Waals surface area contributed by atoms with Crippen LogP contribution in [-0.4, -0.2) is 33.7 Å². The molecular weight excluding hydrogens is 349 g/mol. The summed E-state index contributed by atoms with van der Waals surface area (Å²) in [6.07, 6.45) is 2.38. The Balaban J connectivity index is 1.52. The van der Waals surface area contributed by atoms with Gasteiger partial charge in [0, 0.05) is 18.3 Å². The van der Waals surface area contributed by atoms with Gasteiger partial charge in [0.05, 0.1) is 25.0 Å². The minimum absolute atomic E-state index is 0.322. The normalized spacial score (nSPS) is 16.6. The van der Waals surface area contributed by atoms with E-state index in [4.69, 9.17) is 10.5 Å². The molecule has 0 bridgehead atoms. The minimum Gasteiger partial charge on any atom is -0.442 e. The zero-order valence-electron chi connectivity index (χ0n) is 14.5. The van der Waals surface area contributed by atoms with E-state index in [0.717, 1.165) is 11.1 Å². The molecule has 0 spiro atoms. The van der Waals surface area contributed by atoms with Crippen molar-refractivity contribution in [2.75, 3.05) is 11.4 Å². The van der Waals surface area contributed by atoms with Crippen molar-refractivity contribution in [3.8, 4) is 11.1 Å². The molecule has 0 aliphatic carbocycles. The van der Waals surface area contributed by atoms with E-state index in [0.29, 0.717) is 30.9 Å². The zero-order chi connectivity index (χ0) is 18.8. The lowest BCUT2D eigenvalue weighted by molar-refractivity contribution is 0.129. The predicted octanol–water partition coefficient (Wildman–Crippen LogP) is 2.57. The molecule has 1 aliphatic heterocycles. The highest BCUT2D eigenvalue weighted by molar-refractivity contribution is 5.90. The van der Waals surface area contributed by atoms with Crippen molar-refractivity contribution in [3.05, 3.63) is 66.2 Å². The molecule has 3 aromatic rings. The Kier molecular flexibility index (Phi) is 4.55. The van der Waals surface area contributed by atoms with E-state index < -0.39 is 11.9 Å². The van der Waals surface area contributed by atoms with Crippen molar-refractivity contribution in [3.63, 3.8) is 0 Å². The topological polar surface area (TPSA) is 86.3 Å². The van der Waals surface area contributed by atoms with Crippen LogP contribution in [0.4, 0.5) is 14.9 Å². The lowest BCUT2D eigenvalue weighted by Gasteiger charge is -2.14. The van der Waals surface area contributed by atoms with Crippen molar-refractivity contribution in [1.82, 2.24) is 15.0 Å². The first-order chi connectivity index (χ1) is 13.1. The third-order valence-corrected chi connectivity index (χ3v) is 4.50. The lowest BCUT2D eigenvalue weighted by atomic mass is 10.0. The predicted molar refractivity (Wildman–Crippen MR) is 97.4 cm³/mol. The van der Waals surface area contributed by atoms with E-state index in [9.17, 15) is 9.18 Å². The van der Waals surface area contributed by atoms with E-state index in [-0.39, 0.29) is 6.10 Å². The van der Waals surface area contributed by atoms with Crippen molar-refractivity contribution in [2.45, 2.75) is 19.2 Å². The summed E-state index contributed by atoms with van der Waals surface area (Å²) >= 11 is 0. The van der Waals surface area contributed by atoms with Crippen LogP contribution in [0.2, 0.25) is 0 Å². The maximum Gasteiger partial charge on any atom is 0.414 e. The smallest absolute Gasteiger partial charge is 0.414 e. The van der Waals surface area contributed by atoms with E-state index >= 15 is 0 Å². The fourth-order valence-electron chi connectivity index (χ4n) is 3.09. The Hall–Kier alpha value is -3.26. The summed E-state index contributed by atoms with van der Waals surface area (Å²) in [6.45, 7) is 1.16. The number of ether oxygens (including phenoxy) is 1. The van der Waals surface area contributed by atoms with Gasteiger partial charge in [-0.15, -0.1) is 5.10 Å². The van der Waals surface area contributed by atoms with Crippen LogP contribution in [0, 0.1) is 5.82 Å². The Bertz CT molecular complexity index is 943. The first-order valence-electron chi connectivity index (χ1n) is 8.55. The average molecular weight is 367 g/mol. The fourth-order valence-corrected chi connectivity index (χ4v) is 3.09. The van der Waals surface area contributed by atoms with Gasteiger partial charge in [-0.2, -0.15) is 0 Å². The Morgan fingerprint density at radius 3 is 2.70 bits per heavy atom. The molecule has 1 amide bonds. The van der Waals surface area contributed by atoms with Crippen LogP contribution in [0.15, 0.2) is 54.9 Å². The molecule has 2 aromatic carbocycles. The van der Waals surface area contributed by atoms with Crippen molar-refractivity contribution >= 4 is 11.8 Å². The van der Waals surface area contributed by atoms with Crippen LogP contribution in [0.1, 0.15) is 5.56 Å². The summed E-state index contributed by atoms with van der Waals surface area (Å²) in [7, 11) is 0. The van der Waals surface area contributed by atoms with E-state index in [1.165, 1.54) is 11.0 Å². The molecule has 1 fully saturated rings. The molecular formula is C19H18FN5O2. The van der Waals surface area contributed by atoms with Gasteiger partial charge in [0.25, 0.3) is 0 Å². The number of hydrogen-bond acceptors (Lipinski definition) is 5. The summed E-state index contributed by atoms with van der Waals surface area (Å²) in [4.78, 5) is 13.6. The number of anilines is 1. The van der Waals surface area contributed by atoms with Gasteiger partial charge < -0.3 is 10.5 Å². The molecule has 27 heavy (non-hydrogen) atoms.